The topological polar surface area (TPSA) is 143 Å². The van der Waals surface area contributed by atoms with Crippen LogP contribution >= 0.6 is 0 Å². The fraction of sp³-hybridized carbons (Fsp3) is 0.406. The fourth-order valence-electron chi connectivity index (χ4n) is 6.07. The predicted octanol–water partition coefficient (Wildman–Crippen LogP) is 3.80. The van der Waals surface area contributed by atoms with E-state index in [4.69, 9.17) is 15.0 Å². The van der Waals surface area contributed by atoms with E-state index in [2.05, 4.69) is 38.1 Å². The first-order chi connectivity index (χ1) is 20.0. The Labute approximate surface area is 245 Å². The van der Waals surface area contributed by atoms with Crippen LogP contribution in [0.5, 0.6) is 0 Å². The summed E-state index contributed by atoms with van der Waals surface area (Å²) in [6.45, 7) is 12.3. The highest BCUT2D eigenvalue weighted by molar-refractivity contribution is 6.27. The van der Waals surface area contributed by atoms with Crippen molar-refractivity contribution in [2.75, 3.05) is 0 Å². The number of hydrogen-bond donors (Lipinski definition) is 4. The first-order valence-electron chi connectivity index (χ1n) is 14.5. The molecule has 10 nitrogen and oxygen atoms in total. The standard InChI is InChI=1S/C32H38N6O4/c1-7-20-18(5)31-35-25(20)13-24-16(3)22(9-11-29(39)40)26(33-24)14-27-23(10-12-30(41)42)17(4)28(34-27)15-38-19(6)21(8-2)32(36-31)37-38/h13-15,32,34,37H,7-12H2,1-6H3,(H,39,40)(H,41,42). The zero-order valence-electron chi connectivity index (χ0n) is 25.1. The summed E-state index contributed by atoms with van der Waals surface area (Å²) in [5.41, 5.74) is 13.8. The van der Waals surface area contributed by atoms with Crippen molar-refractivity contribution in [3.63, 3.8) is 0 Å². The summed E-state index contributed by atoms with van der Waals surface area (Å²) in [5, 5.41) is 22.5. The molecular weight excluding hydrogens is 532 g/mol. The number of amidine groups is 1. The molecule has 42 heavy (non-hydrogen) atoms. The van der Waals surface area contributed by atoms with Crippen LogP contribution in [0.3, 0.4) is 0 Å². The number of aromatic amines is 1. The van der Waals surface area contributed by atoms with E-state index in [1.54, 1.807) is 0 Å². The second kappa shape index (κ2) is 11.5. The number of fused-ring (bicyclic) bond motifs is 6. The van der Waals surface area contributed by atoms with Crippen LogP contribution in [0, 0.1) is 6.92 Å². The first-order valence-corrected chi connectivity index (χ1v) is 14.5. The number of allylic oxidation sites excluding steroid dienone is 5. The van der Waals surface area contributed by atoms with Crippen LogP contribution in [0.1, 0.15) is 77.8 Å². The lowest BCUT2D eigenvalue weighted by atomic mass is 9.98. The van der Waals surface area contributed by atoms with Crippen molar-refractivity contribution in [2.24, 2.45) is 15.0 Å². The lowest BCUT2D eigenvalue weighted by Crippen LogP contribution is -2.35. The van der Waals surface area contributed by atoms with Gasteiger partial charge in [0.05, 0.1) is 22.5 Å². The SMILES string of the molecule is CCC1=C(C)C2=NC3NN(C=c4[nH]c(c(CCC(=O)O)c4C)=CC4=NC(=CC1=N2)C(C)=C4CCC(=O)O)C(C)=C3CC. The van der Waals surface area contributed by atoms with Crippen LogP contribution in [0.15, 0.2) is 60.3 Å². The number of aromatic nitrogens is 1. The number of nitrogens with one attached hydrogen (secondary N) is 2. The van der Waals surface area contributed by atoms with E-state index >= 15 is 0 Å². The maximum absolute atomic E-state index is 11.5. The maximum atomic E-state index is 11.5. The van der Waals surface area contributed by atoms with Crippen molar-refractivity contribution < 1.29 is 19.8 Å². The van der Waals surface area contributed by atoms with Crippen LogP contribution < -0.4 is 16.1 Å². The summed E-state index contributed by atoms with van der Waals surface area (Å²) in [6.07, 6.45) is 7.88. The molecule has 0 radical (unpaired) electrons. The number of carboxylic acid groups (broad SMARTS) is 2. The van der Waals surface area contributed by atoms with Crippen molar-refractivity contribution in [1.82, 2.24) is 15.4 Å². The van der Waals surface area contributed by atoms with E-state index in [0.717, 1.165) is 74.1 Å². The molecule has 0 aromatic carbocycles. The zero-order chi connectivity index (χ0) is 30.3. The van der Waals surface area contributed by atoms with Gasteiger partial charge in [-0.15, -0.1) is 0 Å². The number of aliphatic carboxylic acids is 2. The number of nitrogens with zero attached hydrogens (tertiary/aromatic N) is 4. The van der Waals surface area contributed by atoms with Gasteiger partial charge in [0.1, 0.15) is 6.17 Å². The minimum absolute atomic E-state index is 0.0108. The number of H-pyrrole nitrogens is 1. The number of hydrogen-bond acceptors (Lipinski definition) is 7. The second-order valence-electron chi connectivity index (χ2n) is 11.0. The monoisotopic (exact) mass is 570 g/mol. The van der Waals surface area contributed by atoms with Crippen molar-refractivity contribution in [1.29, 1.82) is 0 Å². The lowest BCUT2D eigenvalue weighted by Gasteiger charge is -2.16. The van der Waals surface area contributed by atoms with Crippen molar-refractivity contribution in [3.05, 3.63) is 67.2 Å². The molecule has 0 aliphatic carbocycles. The quantitative estimate of drug-likeness (QED) is 0.375. The molecule has 220 valence electrons. The van der Waals surface area contributed by atoms with Gasteiger partial charge in [-0.2, -0.15) is 0 Å². The Hall–Kier alpha value is -4.31. The van der Waals surface area contributed by atoms with E-state index < -0.39 is 11.9 Å². The minimum atomic E-state index is -0.875. The van der Waals surface area contributed by atoms with E-state index in [0.29, 0.717) is 24.4 Å². The predicted molar refractivity (Wildman–Crippen MR) is 164 cm³/mol. The molecule has 8 bridgehead atoms. The van der Waals surface area contributed by atoms with Crippen molar-refractivity contribution >= 4 is 41.5 Å². The largest absolute Gasteiger partial charge is 0.481 e. The molecule has 0 saturated heterocycles. The van der Waals surface area contributed by atoms with E-state index in [1.807, 2.05) is 37.2 Å². The van der Waals surface area contributed by atoms with E-state index in [-0.39, 0.29) is 19.0 Å². The smallest absolute Gasteiger partial charge is 0.303 e. The van der Waals surface area contributed by atoms with Gasteiger partial charge in [-0.1, -0.05) is 13.8 Å². The number of rotatable bonds is 8. The molecule has 1 aromatic rings. The molecular formula is C32H38N6O4. The van der Waals surface area contributed by atoms with Crippen molar-refractivity contribution in [3.8, 4) is 0 Å². The normalized spacial score (nSPS) is 20.0. The molecule has 1 aromatic heterocycles. The lowest BCUT2D eigenvalue weighted by molar-refractivity contribution is -0.137. The van der Waals surface area contributed by atoms with Crippen LogP contribution in [0.4, 0.5) is 0 Å². The molecule has 4 aliphatic heterocycles. The molecule has 0 amide bonds. The number of hydrazine groups is 1. The molecule has 1 unspecified atom stereocenters. The third-order valence-electron chi connectivity index (χ3n) is 8.56. The Balaban J connectivity index is 1.79. The summed E-state index contributed by atoms with van der Waals surface area (Å²) < 4.78 is 0. The van der Waals surface area contributed by atoms with E-state index in [9.17, 15) is 19.8 Å². The molecule has 5 rings (SSSR count). The van der Waals surface area contributed by atoms with Gasteiger partial charge in [0, 0.05) is 30.1 Å². The molecule has 0 fully saturated rings. The highest BCUT2D eigenvalue weighted by Gasteiger charge is 2.30. The maximum Gasteiger partial charge on any atom is 0.303 e. The van der Waals surface area contributed by atoms with Gasteiger partial charge in [-0.25, -0.2) is 20.4 Å². The van der Waals surface area contributed by atoms with Crippen LogP contribution in [0.25, 0.3) is 12.3 Å². The Kier molecular flexibility index (Phi) is 8.01. The Morgan fingerprint density at radius 2 is 1.57 bits per heavy atom. The molecule has 4 aliphatic rings. The Bertz CT molecular complexity index is 1730. The second-order valence-corrected chi connectivity index (χ2v) is 11.0. The summed E-state index contributed by atoms with van der Waals surface area (Å²) in [6, 6.07) is 0. The van der Waals surface area contributed by atoms with Gasteiger partial charge in [0.25, 0.3) is 0 Å². The van der Waals surface area contributed by atoms with Gasteiger partial charge in [0.2, 0.25) is 0 Å². The average molecular weight is 571 g/mol. The summed E-state index contributed by atoms with van der Waals surface area (Å²) in [7, 11) is 0. The van der Waals surface area contributed by atoms with Crippen molar-refractivity contribution in [2.45, 2.75) is 86.2 Å². The highest BCUT2D eigenvalue weighted by atomic mass is 16.4. The van der Waals surface area contributed by atoms with Gasteiger partial charge >= 0.3 is 11.9 Å². The van der Waals surface area contributed by atoms with Gasteiger partial charge in [0.15, 0.2) is 5.84 Å². The third-order valence-corrected chi connectivity index (χ3v) is 8.56. The molecule has 10 heteroatoms. The van der Waals surface area contributed by atoms with Gasteiger partial charge < -0.3 is 15.2 Å². The Morgan fingerprint density at radius 1 is 0.881 bits per heavy atom. The highest BCUT2D eigenvalue weighted by Crippen LogP contribution is 2.32. The summed E-state index contributed by atoms with van der Waals surface area (Å²) in [4.78, 5) is 41.6. The average Bonchev–Trinajstić information content (AvgIpc) is 3.59. The number of carboxylic acids is 2. The zero-order valence-corrected chi connectivity index (χ0v) is 25.1. The fourth-order valence-corrected chi connectivity index (χ4v) is 6.07. The van der Waals surface area contributed by atoms with Crippen LogP contribution in [-0.4, -0.2) is 55.6 Å². The van der Waals surface area contributed by atoms with Crippen LogP contribution in [-0.2, 0) is 16.0 Å². The minimum Gasteiger partial charge on any atom is -0.481 e. The third kappa shape index (κ3) is 5.34. The molecule has 0 spiro atoms. The number of carbonyl (C=O) groups is 2. The number of aliphatic imine (C=N–C) groups is 3. The Morgan fingerprint density at radius 3 is 2.24 bits per heavy atom. The molecule has 4 N–H and O–H groups in total. The molecule has 0 saturated carbocycles. The van der Waals surface area contributed by atoms with E-state index in [1.165, 1.54) is 5.57 Å². The van der Waals surface area contributed by atoms with Gasteiger partial charge in [-0.3, -0.25) is 14.6 Å². The first kappa shape index (κ1) is 29.2. The summed E-state index contributed by atoms with van der Waals surface area (Å²) >= 11 is 0. The summed E-state index contributed by atoms with van der Waals surface area (Å²) in [5.74, 6) is -1.05. The molecule has 1 atom stereocenters. The van der Waals surface area contributed by atoms with Crippen LogP contribution in [0.2, 0.25) is 0 Å². The van der Waals surface area contributed by atoms with Gasteiger partial charge in [-0.05, 0) is 105 Å². The molecule has 5 heterocycles.